The van der Waals surface area contributed by atoms with Crippen molar-refractivity contribution in [2.24, 2.45) is 10.9 Å². The second-order valence-electron chi connectivity index (χ2n) is 7.36. The van der Waals surface area contributed by atoms with Crippen molar-refractivity contribution in [2.45, 2.75) is 46.7 Å². The summed E-state index contributed by atoms with van der Waals surface area (Å²) in [4.78, 5) is 7.16. The van der Waals surface area contributed by atoms with Crippen LogP contribution in [0.2, 0.25) is 0 Å². The smallest absolute Gasteiger partial charge is 0.191 e. The average molecular weight is 361 g/mol. The van der Waals surface area contributed by atoms with Crippen molar-refractivity contribution in [1.82, 2.24) is 15.5 Å². The van der Waals surface area contributed by atoms with Crippen LogP contribution >= 0.6 is 0 Å². The standard InChI is InChI=1S/C21H36N4O/c1-4-22-21(23-11-5-6-18(2)3)24-16-19-7-9-20(10-8-19)17-25-12-14-26-15-13-25/h7-10,18H,4-6,11-17H2,1-3H3,(H2,22,23,24). The van der Waals surface area contributed by atoms with Crippen molar-refractivity contribution in [1.29, 1.82) is 0 Å². The maximum atomic E-state index is 5.41. The van der Waals surface area contributed by atoms with E-state index in [-0.39, 0.29) is 0 Å². The number of benzene rings is 1. The van der Waals surface area contributed by atoms with E-state index in [1.807, 2.05) is 0 Å². The predicted octanol–water partition coefficient (Wildman–Crippen LogP) is 3.01. The van der Waals surface area contributed by atoms with E-state index in [1.165, 1.54) is 24.0 Å². The van der Waals surface area contributed by atoms with E-state index < -0.39 is 0 Å². The molecule has 0 atom stereocenters. The van der Waals surface area contributed by atoms with Gasteiger partial charge in [0.15, 0.2) is 5.96 Å². The molecule has 5 heteroatoms. The highest BCUT2D eigenvalue weighted by molar-refractivity contribution is 5.79. The van der Waals surface area contributed by atoms with Crippen LogP contribution in [0.3, 0.4) is 0 Å². The van der Waals surface area contributed by atoms with Crippen LogP contribution in [0.1, 0.15) is 44.7 Å². The minimum Gasteiger partial charge on any atom is -0.379 e. The first kappa shape index (κ1) is 20.7. The van der Waals surface area contributed by atoms with E-state index in [2.05, 4.69) is 60.6 Å². The van der Waals surface area contributed by atoms with Gasteiger partial charge >= 0.3 is 0 Å². The van der Waals surface area contributed by atoms with Crippen LogP contribution in [0.5, 0.6) is 0 Å². The first-order chi connectivity index (χ1) is 12.7. The van der Waals surface area contributed by atoms with Crippen molar-refractivity contribution in [2.75, 3.05) is 39.4 Å². The summed E-state index contributed by atoms with van der Waals surface area (Å²) < 4.78 is 5.41. The first-order valence-corrected chi connectivity index (χ1v) is 10.1. The van der Waals surface area contributed by atoms with Gasteiger partial charge < -0.3 is 15.4 Å². The van der Waals surface area contributed by atoms with E-state index in [0.29, 0.717) is 6.54 Å². The Morgan fingerprint density at radius 1 is 1.12 bits per heavy atom. The molecule has 1 fully saturated rings. The Hall–Kier alpha value is -1.59. The zero-order valence-corrected chi connectivity index (χ0v) is 16.8. The fourth-order valence-corrected chi connectivity index (χ4v) is 3.00. The van der Waals surface area contributed by atoms with E-state index in [1.54, 1.807) is 0 Å². The molecule has 2 N–H and O–H groups in total. The minimum absolute atomic E-state index is 0.706. The molecule has 1 saturated heterocycles. The van der Waals surface area contributed by atoms with Crippen LogP contribution in [0.15, 0.2) is 29.3 Å². The Kier molecular flexibility index (Phi) is 9.50. The largest absolute Gasteiger partial charge is 0.379 e. The fraction of sp³-hybridized carbons (Fsp3) is 0.667. The molecule has 1 aliphatic rings. The normalized spacial score (nSPS) is 16.1. The lowest BCUT2D eigenvalue weighted by molar-refractivity contribution is 0.0342. The van der Waals surface area contributed by atoms with Gasteiger partial charge in [-0.05, 0) is 36.8 Å². The summed E-state index contributed by atoms with van der Waals surface area (Å²) in [6, 6.07) is 8.84. The van der Waals surface area contributed by atoms with Crippen LogP contribution in [-0.2, 0) is 17.8 Å². The summed E-state index contributed by atoms with van der Waals surface area (Å²) in [6.07, 6.45) is 2.43. The van der Waals surface area contributed by atoms with Gasteiger partial charge in [0.25, 0.3) is 0 Å². The third-order valence-electron chi connectivity index (χ3n) is 4.55. The minimum atomic E-state index is 0.706. The van der Waals surface area contributed by atoms with Gasteiger partial charge in [-0.3, -0.25) is 4.90 Å². The molecule has 0 bridgehead atoms. The molecule has 2 rings (SSSR count). The van der Waals surface area contributed by atoms with Crippen molar-refractivity contribution in [3.05, 3.63) is 35.4 Å². The number of aliphatic imine (C=N–C) groups is 1. The van der Waals surface area contributed by atoms with Gasteiger partial charge in [-0.2, -0.15) is 0 Å². The van der Waals surface area contributed by atoms with E-state index in [0.717, 1.165) is 57.8 Å². The number of guanidine groups is 1. The topological polar surface area (TPSA) is 48.9 Å². The third kappa shape index (κ3) is 8.19. The molecule has 1 aromatic carbocycles. The van der Waals surface area contributed by atoms with Crippen LogP contribution in [0.4, 0.5) is 0 Å². The Bertz CT molecular complexity index is 521. The molecule has 0 amide bonds. The zero-order chi connectivity index (χ0) is 18.6. The molecule has 1 aliphatic heterocycles. The lowest BCUT2D eigenvalue weighted by atomic mass is 10.1. The highest BCUT2D eigenvalue weighted by Crippen LogP contribution is 2.10. The van der Waals surface area contributed by atoms with E-state index in [9.17, 15) is 0 Å². The predicted molar refractivity (Wildman–Crippen MR) is 109 cm³/mol. The molecule has 0 saturated carbocycles. The molecule has 146 valence electrons. The number of morpholine rings is 1. The van der Waals surface area contributed by atoms with Crippen LogP contribution in [0.25, 0.3) is 0 Å². The molecule has 26 heavy (non-hydrogen) atoms. The molecule has 5 nitrogen and oxygen atoms in total. The van der Waals surface area contributed by atoms with Gasteiger partial charge in [0.1, 0.15) is 0 Å². The molecule has 0 spiro atoms. The number of nitrogens with zero attached hydrogens (tertiary/aromatic N) is 2. The van der Waals surface area contributed by atoms with Gasteiger partial charge in [-0.1, -0.05) is 38.1 Å². The highest BCUT2D eigenvalue weighted by Gasteiger charge is 2.10. The van der Waals surface area contributed by atoms with Crippen LogP contribution < -0.4 is 10.6 Å². The van der Waals surface area contributed by atoms with Gasteiger partial charge in [0.05, 0.1) is 19.8 Å². The maximum absolute atomic E-state index is 5.41. The summed E-state index contributed by atoms with van der Waals surface area (Å²) in [7, 11) is 0. The quantitative estimate of drug-likeness (QED) is 0.404. The van der Waals surface area contributed by atoms with Crippen LogP contribution in [-0.4, -0.2) is 50.3 Å². The molecule has 1 aromatic rings. The number of hydrogen-bond donors (Lipinski definition) is 2. The second kappa shape index (κ2) is 11.9. The summed E-state index contributed by atoms with van der Waals surface area (Å²) in [6.45, 7) is 14.0. The SMILES string of the molecule is CCNC(=NCc1ccc(CN2CCOCC2)cc1)NCCCC(C)C. The molecular formula is C21H36N4O. The third-order valence-corrected chi connectivity index (χ3v) is 4.55. The Morgan fingerprint density at radius 3 is 2.46 bits per heavy atom. The van der Waals surface area contributed by atoms with Crippen LogP contribution in [0, 0.1) is 5.92 Å². The van der Waals surface area contributed by atoms with E-state index >= 15 is 0 Å². The number of rotatable bonds is 9. The Balaban J connectivity index is 1.79. The second-order valence-corrected chi connectivity index (χ2v) is 7.36. The van der Waals surface area contributed by atoms with Crippen molar-refractivity contribution in [3.8, 4) is 0 Å². The molecule has 1 heterocycles. The first-order valence-electron chi connectivity index (χ1n) is 10.1. The summed E-state index contributed by atoms with van der Waals surface area (Å²) in [5.41, 5.74) is 2.61. The molecule has 0 aliphatic carbocycles. The van der Waals surface area contributed by atoms with Gasteiger partial charge in [0.2, 0.25) is 0 Å². The molecule has 0 unspecified atom stereocenters. The van der Waals surface area contributed by atoms with E-state index in [4.69, 9.17) is 9.73 Å². The van der Waals surface area contributed by atoms with Gasteiger partial charge in [-0.25, -0.2) is 4.99 Å². The molecular weight excluding hydrogens is 324 g/mol. The van der Waals surface area contributed by atoms with Crippen molar-refractivity contribution in [3.63, 3.8) is 0 Å². The number of nitrogens with one attached hydrogen (secondary N) is 2. The maximum Gasteiger partial charge on any atom is 0.191 e. The zero-order valence-electron chi connectivity index (χ0n) is 16.8. The average Bonchev–Trinajstić information content (AvgIpc) is 2.65. The van der Waals surface area contributed by atoms with Crippen molar-refractivity contribution >= 4 is 5.96 Å². The number of hydrogen-bond acceptors (Lipinski definition) is 3. The summed E-state index contributed by atoms with van der Waals surface area (Å²) in [5.74, 6) is 1.67. The molecule has 0 aromatic heterocycles. The lowest BCUT2D eigenvalue weighted by Gasteiger charge is -2.26. The molecule has 0 radical (unpaired) electrons. The number of ether oxygens (including phenoxy) is 1. The summed E-state index contributed by atoms with van der Waals surface area (Å²) in [5, 5.41) is 6.76. The lowest BCUT2D eigenvalue weighted by Crippen LogP contribution is -2.37. The van der Waals surface area contributed by atoms with Gasteiger partial charge in [0, 0.05) is 32.7 Å². The Labute approximate surface area is 159 Å². The Morgan fingerprint density at radius 2 is 1.81 bits per heavy atom. The monoisotopic (exact) mass is 360 g/mol. The summed E-state index contributed by atoms with van der Waals surface area (Å²) >= 11 is 0. The highest BCUT2D eigenvalue weighted by atomic mass is 16.5. The fourth-order valence-electron chi connectivity index (χ4n) is 3.00. The van der Waals surface area contributed by atoms with Gasteiger partial charge in [-0.15, -0.1) is 0 Å². The van der Waals surface area contributed by atoms with Crippen molar-refractivity contribution < 1.29 is 4.74 Å².